The molecule has 0 atom stereocenters. The van der Waals surface area contributed by atoms with E-state index in [-0.39, 0.29) is 130 Å². The van der Waals surface area contributed by atoms with Crippen LogP contribution in [0.3, 0.4) is 0 Å². The van der Waals surface area contributed by atoms with Gasteiger partial charge < -0.3 is 0 Å². The number of hydrogen-bond donors (Lipinski definition) is 0. The monoisotopic (exact) mass is 316 g/mol. The Morgan fingerprint density at radius 2 is 1.00 bits per heavy atom. The molecule has 0 saturated heterocycles. The van der Waals surface area contributed by atoms with E-state index in [0.29, 0.717) is 0 Å². The second kappa shape index (κ2) is 36.2. The summed E-state index contributed by atoms with van der Waals surface area (Å²) in [6, 6.07) is 0. The van der Waals surface area contributed by atoms with E-state index >= 15 is 0 Å². The van der Waals surface area contributed by atoms with Crippen LogP contribution in [0.15, 0.2) is 0 Å². The Kier molecular flexibility index (Phi) is 308. The molecule has 0 aliphatic heterocycles. The first-order chi connectivity index (χ1) is 0. The van der Waals surface area contributed by atoms with Gasteiger partial charge in [-0.15, -0.1) is 0 Å². The van der Waals surface area contributed by atoms with E-state index in [0.717, 1.165) is 0 Å². The molecular weight excluding hydrogens is 311 g/mol. The van der Waals surface area contributed by atoms with Gasteiger partial charge in [-0.2, -0.15) is 0 Å². The van der Waals surface area contributed by atoms with Crippen molar-refractivity contribution in [1.82, 2.24) is 0 Å². The van der Waals surface area contributed by atoms with E-state index in [1.807, 2.05) is 0 Å². The summed E-state index contributed by atoms with van der Waals surface area (Å²) >= 11 is 0. The fourth-order valence-electron chi connectivity index (χ4n) is 0. The molecule has 0 N–H and O–H groups in total. The molecule has 2 radical (unpaired) electrons. The van der Waals surface area contributed by atoms with E-state index in [4.69, 9.17) is 0 Å². The fraction of sp³-hybridized carbons (Fsp3) is 0. The summed E-state index contributed by atoms with van der Waals surface area (Å²) in [7, 11) is 0. The van der Waals surface area contributed by atoms with Gasteiger partial charge in [0.15, 0.2) is 0 Å². The minimum Gasteiger partial charge on any atom is 0 e. The summed E-state index contributed by atoms with van der Waals surface area (Å²) in [5.41, 5.74) is 0. The Morgan fingerprint density at radius 3 is 1.00 bits per heavy atom. The quantitative estimate of drug-likeness (QED) is 0.417. The van der Waals surface area contributed by atoms with Crippen molar-refractivity contribution in [2.75, 3.05) is 0 Å². The number of rotatable bonds is 0. The summed E-state index contributed by atoms with van der Waals surface area (Å²) in [4.78, 5) is 0. The Balaban J connectivity index is 0. The van der Waals surface area contributed by atoms with Crippen LogP contribution in [-0.2, 0) is 53.3 Å². The van der Waals surface area contributed by atoms with E-state index < -0.39 is 0 Å². The van der Waals surface area contributed by atoms with Crippen LogP contribution in [0.1, 0.15) is 0 Å². The standard InChI is InChI=1S/BH3.Co.Cu.Mg.Sr.Zn.4H/h1H3;;;;;;;;;. The zero-order valence-corrected chi connectivity index (χ0v) is 6.29. The molecule has 0 amide bonds. The van der Waals surface area contributed by atoms with Crippen LogP contribution in [-0.4, -0.2) is 76.9 Å². The van der Waals surface area contributed by atoms with E-state index in [1.165, 1.54) is 0 Å². The summed E-state index contributed by atoms with van der Waals surface area (Å²) in [6.07, 6.45) is 0. The summed E-state index contributed by atoms with van der Waals surface area (Å²) in [6.45, 7) is 0. The first-order valence-electron chi connectivity index (χ1n) is 0. The Morgan fingerprint density at radius 1 is 1.00 bits per heavy atom. The summed E-state index contributed by atoms with van der Waals surface area (Å²) in [5, 5.41) is 0. The molecule has 6 heteroatoms. The fourth-order valence-corrected chi connectivity index (χ4v) is 0. The van der Waals surface area contributed by atoms with Gasteiger partial charge in [-0.05, 0) is 0 Å². The van der Waals surface area contributed by atoms with Crippen molar-refractivity contribution in [3.8, 4) is 0 Å². The maximum absolute atomic E-state index is 0. The summed E-state index contributed by atoms with van der Waals surface area (Å²) in [5.74, 6) is 0. The average molecular weight is 318 g/mol. The number of hydrogen-bond acceptors (Lipinski definition) is 0. The molecule has 0 aliphatic carbocycles. The van der Waals surface area contributed by atoms with Crippen LogP contribution in [0.25, 0.3) is 0 Å². The third-order valence-electron chi connectivity index (χ3n) is 0. The predicted molar refractivity (Wildman–Crippen MR) is 27.0 cm³/mol. The van der Waals surface area contributed by atoms with Gasteiger partial charge in [0.1, 0.15) is 0 Å². The molecule has 0 saturated carbocycles. The molecule has 36 valence electrons. The van der Waals surface area contributed by atoms with Gasteiger partial charge in [-0.1, -0.05) is 0 Å². The average Bonchev–Trinajstić information content (AvgIpc) is 0. The van der Waals surface area contributed by atoms with Gasteiger partial charge in [-0.25, -0.2) is 0 Å². The molecule has 0 spiro atoms. The predicted octanol–water partition coefficient (Wildman–Crippen LogP) is -3.02. The molecule has 0 aromatic heterocycles. The Bertz CT molecular complexity index is 15.5. The van der Waals surface area contributed by atoms with Crippen molar-refractivity contribution >= 4 is 76.9 Å². The van der Waals surface area contributed by atoms with Gasteiger partial charge in [0.25, 0.3) is 0 Å². The Labute approximate surface area is 127 Å². The normalized spacial score (nSPS) is 0. The molecule has 6 heavy (non-hydrogen) atoms. The van der Waals surface area contributed by atoms with Crippen LogP contribution < -0.4 is 0 Å². The SMILES string of the molecule is B.[Co].[Cu].[MgH2].[SrH2].[Zn]. The molecule has 0 aliphatic rings. The van der Waals surface area contributed by atoms with Crippen LogP contribution >= 0.6 is 0 Å². The zero-order valence-electron chi connectivity index (χ0n) is 1.34. The third kappa shape index (κ3) is 24.6. The van der Waals surface area contributed by atoms with Gasteiger partial charge >= 0.3 is 68.5 Å². The van der Waals surface area contributed by atoms with Crippen LogP contribution in [0.4, 0.5) is 0 Å². The maximum Gasteiger partial charge on any atom is 0 e. The smallest absolute Gasteiger partial charge is 0 e. The molecule has 0 aromatic carbocycles. The zero-order chi connectivity index (χ0) is 0. The van der Waals surface area contributed by atoms with Crippen molar-refractivity contribution in [3.05, 3.63) is 0 Å². The second-order valence-corrected chi connectivity index (χ2v) is 0. The van der Waals surface area contributed by atoms with Crippen molar-refractivity contribution < 1.29 is 53.3 Å². The maximum atomic E-state index is 0. The first kappa shape index (κ1) is 51.0. The Hall–Kier alpha value is 3.96. The van der Waals surface area contributed by atoms with Gasteiger partial charge in [0.05, 0.1) is 8.41 Å². The van der Waals surface area contributed by atoms with Gasteiger partial charge in [0.2, 0.25) is 0 Å². The summed E-state index contributed by atoms with van der Waals surface area (Å²) < 4.78 is 0. The topological polar surface area (TPSA) is 0 Å². The minimum absolute atomic E-state index is 0. The van der Waals surface area contributed by atoms with E-state index in [1.54, 1.807) is 0 Å². The van der Waals surface area contributed by atoms with Crippen molar-refractivity contribution in [2.45, 2.75) is 0 Å². The van der Waals surface area contributed by atoms with Crippen molar-refractivity contribution in [1.29, 1.82) is 0 Å². The minimum atomic E-state index is 0. The van der Waals surface area contributed by atoms with Gasteiger partial charge in [0, 0.05) is 53.3 Å². The molecule has 0 aromatic rings. The van der Waals surface area contributed by atoms with Crippen LogP contribution in [0.2, 0.25) is 0 Å². The molecular formula is H7BCoCuMgSrZn. The van der Waals surface area contributed by atoms with E-state index in [9.17, 15) is 0 Å². The largest absolute Gasteiger partial charge is 0 e. The molecule has 0 fully saturated rings. The third-order valence-corrected chi connectivity index (χ3v) is 0. The van der Waals surface area contributed by atoms with Crippen LogP contribution in [0, 0.1) is 0 Å². The molecule has 0 rings (SSSR count). The van der Waals surface area contributed by atoms with E-state index in [2.05, 4.69) is 0 Å². The first-order valence-corrected chi connectivity index (χ1v) is 0. The van der Waals surface area contributed by atoms with Crippen molar-refractivity contribution in [2.24, 2.45) is 0 Å². The molecule has 0 nitrogen and oxygen atoms in total. The van der Waals surface area contributed by atoms with Gasteiger partial charge in [-0.3, -0.25) is 0 Å². The van der Waals surface area contributed by atoms with Crippen LogP contribution in [0.5, 0.6) is 0 Å². The molecule has 0 heterocycles. The van der Waals surface area contributed by atoms with Crippen molar-refractivity contribution in [3.63, 3.8) is 0 Å². The molecule has 0 unspecified atom stereocenters. The molecule has 0 bridgehead atoms. The second-order valence-electron chi connectivity index (χ2n) is 0.